The van der Waals surface area contributed by atoms with Crippen LogP contribution in [0.3, 0.4) is 0 Å². The van der Waals surface area contributed by atoms with Gasteiger partial charge in [0, 0.05) is 58.1 Å². The molecule has 4 heterocycles. The standard InChI is InChI=1S/C24H30N6O2/c1-17-6-3-4-7-18(17)14-27-23(32)29-12-8-24(9-13-29)20-16-30(22-25-10-5-11-26-22)15-19(20)21(31)28(24)2/h3-7,10-11,19-20H,8-9,12-16H2,1-2H3,(H,27,32)/t19-,20+/m1/s1. The molecular formula is C24H30N6O2. The number of carbonyl (C=O) groups is 2. The van der Waals surface area contributed by atoms with E-state index in [4.69, 9.17) is 0 Å². The van der Waals surface area contributed by atoms with Crippen molar-refractivity contribution in [2.75, 3.05) is 38.1 Å². The minimum Gasteiger partial charge on any atom is -0.340 e. The molecule has 0 unspecified atom stereocenters. The van der Waals surface area contributed by atoms with Crippen molar-refractivity contribution in [3.05, 3.63) is 53.9 Å². The molecule has 1 aromatic heterocycles. The van der Waals surface area contributed by atoms with E-state index in [9.17, 15) is 9.59 Å². The average Bonchev–Trinajstić information content (AvgIpc) is 3.35. The number of aryl methyl sites for hydroxylation is 1. The third kappa shape index (κ3) is 3.38. The lowest BCUT2D eigenvalue weighted by atomic mass is 9.75. The molecule has 0 radical (unpaired) electrons. The first-order valence-electron chi connectivity index (χ1n) is 11.4. The lowest BCUT2D eigenvalue weighted by Crippen LogP contribution is -2.57. The second-order valence-corrected chi connectivity index (χ2v) is 9.24. The summed E-state index contributed by atoms with van der Waals surface area (Å²) >= 11 is 0. The van der Waals surface area contributed by atoms with Gasteiger partial charge in [-0.1, -0.05) is 24.3 Å². The van der Waals surface area contributed by atoms with E-state index >= 15 is 0 Å². The molecular weight excluding hydrogens is 404 g/mol. The van der Waals surface area contributed by atoms with Crippen LogP contribution in [0.25, 0.3) is 0 Å². The fourth-order valence-electron chi connectivity index (χ4n) is 5.83. The molecule has 2 atom stereocenters. The monoisotopic (exact) mass is 434 g/mol. The Balaban J connectivity index is 1.24. The molecule has 5 rings (SSSR count). The maximum Gasteiger partial charge on any atom is 0.317 e. The number of carbonyl (C=O) groups excluding carboxylic acids is 2. The summed E-state index contributed by atoms with van der Waals surface area (Å²) in [5, 5.41) is 3.07. The average molecular weight is 435 g/mol. The van der Waals surface area contributed by atoms with Crippen molar-refractivity contribution in [3.8, 4) is 0 Å². The van der Waals surface area contributed by atoms with Gasteiger partial charge in [-0.15, -0.1) is 0 Å². The van der Waals surface area contributed by atoms with Gasteiger partial charge in [0.1, 0.15) is 0 Å². The molecule has 2 aromatic rings. The zero-order valence-corrected chi connectivity index (χ0v) is 18.7. The molecule has 1 N–H and O–H groups in total. The van der Waals surface area contributed by atoms with Gasteiger partial charge in [0.2, 0.25) is 11.9 Å². The fourth-order valence-corrected chi connectivity index (χ4v) is 5.83. The van der Waals surface area contributed by atoms with E-state index in [2.05, 4.69) is 33.2 Å². The van der Waals surface area contributed by atoms with Gasteiger partial charge in [-0.2, -0.15) is 0 Å². The Bertz CT molecular complexity index is 1000. The van der Waals surface area contributed by atoms with Crippen LogP contribution in [0.2, 0.25) is 0 Å². The Kier molecular flexibility index (Phi) is 5.23. The SMILES string of the molecule is Cc1ccccc1CNC(=O)N1CCC2(CC1)[C@H]1CN(c3ncccn3)C[C@H]1C(=O)N2C. The van der Waals surface area contributed by atoms with Crippen molar-refractivity contribution in [2.24, 2.45) is 11.8 Å². The number of amides is 3. The van der Waals surface area contributed by atoms with E-state index in [1.165, 1.54) is 5.56 Å². The number of urea groups is 1. The zero-order chi connectivity index (χ0) is 22.3. The fraction of sp³-hybridized carbons (Fsp3) is 0.500. The number of hydrogen-bond acceptors (Lipinski definition) is 5. The maximum absolute atomic E-state index is 13.1. The van der Waals surface area contributed by atoms with E-state index in [0.29, 0.717) is 32.1 Å². The molecule has 3 saturated heterocycles. The van der Waals surface area contributed by atoms with Crippen LogP contribution in [0.4, 0.5) is 10.7 Å². The van der Waals surface area contributed by atoms with Gasteiger partial charge in [0.25, 0.3) is 0 Å². The lowest BCUT2D eigenvalue weighted by molar-refractivity contribution is -0.133. The van der Waals surface area contributed by atoms with Crippen LogP contribution in [0.5, 0.6) is 0 Å². The Morgan fingerprint density at radius 3 is 2.56 bits per heavy atom. The van der Waals surface area contributed by atoms with Crippen LogP contribution >= 0.6 is 0 Å². The van der Waals surface area contributed by atoms with Crippen LogP contribution in [0.15, 0.2) is 42.7 Å². The molecule has 1 aromatic carbocycles. The molecule has 168 valence electrons. The summed E-state index contributed by atoms with van der Waals surface area (Å²) in [5.41, 5.74) is 2.11. The number of piperidine rings is 1. The van der Waals surface area contributed by atoms with Gasteiger partial charge < -0.3 is 20.0 Å². The van der Waals surface area contributed by atoms with Crippen LogP contribution in [0.1, 0.15) is 24.0 Å². The van der Waals surface area contributed by atoms with E-state index in [1.807, 2.05) is 35.0 Å². The molecule has 0 bridgehead atoms. The molecule has 3 fully saturated rings. The summed E-state index contributed by atoms with van der Waals surface area (Å²) in [6, 6.07) is 9.88. The normalized spacial score (nSPS) is 24.2. The van der Waals surface area contributed by atoms with Crippen molar-refractivity contribution in [3.63, 3.8) is 0 Å². The summed E-state index contributed by atoms with van der Waals surface area (Å²) < 4.78 is 0. The highest BCUT2D eigenvalue weighted by Crippen LogP contribution is 2.49. The van der Waals surface area contributed by atoms with Crippen molar-refractivity contribution in [1.82, 2.24) is 25.1 Å². The number of hydrogen-bond donors (Lipinski definition) is 1. The largest absolute Gasteiger partial charge is 0.340 e. The van der Waals surface area contributed by atoms with Gasteiger partial charge in [-0.25, -0.2) is 14.8 Å². The van der Waals surface area contributed by atoms with E-state index in [1.54, 1.807) is 18.5 Å². The van der Waals surface area contributed by atoms with Crippen molar-refractivity contribution >= 4 is 17.9 Å². The highest BCUT2D eigenvalue weighted by atomic mass is 16.2. The highest BCUT2D eigenvalue weighted by Gasteiger charge is 2.60. The summed E-state index contributed by atoms with van der Waals surface area (Å²) in [6.07, 6.45) is 5.09. The van der Waals surface area contributed by atoms with E-state index in [0.717, 1.165) is 24.9 Å². The molecule has 1 spiro atoms. The Morgan fingerprint density at radius 2 is 1.84 bits per heavy atom. The zero-order valence-electron chi connectivity index (χ0n) is 18.7. The van der Waals surface area contributed by atoms with Gasteiger partial charge in [0.05, 0.1) is 11.5 Å². The number of rotatable bonds is 3. The lowest BCUT2D eigenvalue weighted by Gasteiger charge is -2.46. The van der Waals surface area contributed by atoms with E-state index in [-0.39, 0.29) is 29.3 Å². The summed E-state index contributed by atoms with van der Waals surface area (Å²) in [5.74, 6) is 1.12. The Labute approximate surface area is 188 Å². The van der Waals surface area contributed by atoms with Gasteiger partial charge in [0.15, 0.2) is 0 Å². The highest BCUT2D eigenvalue weighted by molar-refractivity contribution is 5.84. The van der Waals surface area contributed by atoms with Crippen LogP contribution in [-0.4, -0.2) is 70.5 Å². The minimum atomic E-state index is -0.196. The maximum atomic E-state index is 13.1. The van der Waals surface area contributed by atoms with Crippen LogP contribution < -0.4 is 10.2 Å². The molecule has 32 heavy (non-hydrogen) atoms. The Hall–Kier alpha value is -3.16. The number of anilines is 1. The van der Waals surface area contributed by atoms with E-state index < -0.39 is 0 Å². The Morgan fingerprint density at radius 1 is 1.12 bits per heavy atom. The molecule has 3 amide bonds. The molecule has 3 aliphatic rings. The van der Waals surface area contributed by atoms with Crippen LogP contribution in [-0.2, 0) is 11.3 Å². The quantitative estimate of drug-likeness (QED) is 0.800. The van der Waals surface area contributed by atoms with Crippen molar-refractivity contribution in [1.29, 1.82) is 0 Å². The predicted octanol–water partition coefficient (Wildman–Crippen LogP) is 2.05. The number of aromatic nitrogens is 2. The number of benzene rings is 1. The van der Waals surface area contributed by atoms with Crippen molar-refractivity contribution in [2.45, 2.75) is 31.8 Å². The first kappa shape index (κ1) is 20.7. The summed E-state index contributed by atoms with van der Waals surface area (Å²) in [7, 11) is 1.94. The third-order valence-electron chi connectivity index (χ3n) is 7.77. The number of nitrogens with zero attached hydrogens (tertiary/aromatic N) is 5. The van der Waals surface area contributed by atoms with Gasteiger partial charge >= 0.3 is 6.03 Å². The molecule has 8 nitrogen and oxygen atoms in total. The van der Waals surface area contributed by atoms with Gasteiger partial charge in [-0.05, 0) is 37.0 Å². The molecule has 8 heteroatoms. The van der Waals surface area contributed by atoms with Crippen molar-refractivity contribution < 1.29 is 9.59 Å². The minimum absolute atomic E-state index is 0.0229. The molecule has 0 aliphatic carbocycles. The predicted molar refractivity (Wildman–Crippen MR) is 121 cm³/mol. The van der Waals surface area contributed by atoms with Crippen LogP contribution in [0, 0.1) is 18.8 Å². The first-order chi connectivity index (χ1) is 15.5. The van der Waals surface area contributed by atoms with Gasteiger partial charge in [-0.3, -0.25) is 4.79 Å². The molecule has 0 saturated carbocycles. The summed E-state index contributed by atoms with van der Waals surface area (Å²) in [6.45, 7) is 5.35. The second-order valence-electron chi connectivity index (χ2n) is 9.24. The summed E-state index contributed by atoms with van der Waals surface area (Å²) in [4.78, 5) is 40.7. The number of likely N-dealkylation sites (tertiary alicyclic amines) is 2. The second kappa shape index (κ2) is 8.07. The topological polar surface area (TPSA) is 81.7 Å². The molecule has 3 aliphatic heterocycles. The smallest absolute Gasteiger partial charge is 0.317 e. The third-order valence-corrected chi connectivity index (χ3v) is 7.77. The number of fused-ring (bicyclic) bond motifs is 2. The first-order valence-corrected chi connectivity index (χ1v) is 11.4. The number of nitrogens with one attached hydrogen (secondary N) is 1.